The smallest absolute Gasteiger partial charge is 0.254 e. The second-order valence-electron chi connectivity index (χ2n) is 5.72. The first-order chi connectivity index (χ1) is 15.6. The summed E-state index contributed by atoms with van der Waals surface area (Å²) in [5.74, 6) is -5.78. The number of anilines is 1. The maximum atomic E-state index is 12.0. The van der Waals surface area contributed by atoms with E-state index in [2.05, 4.69) is 20.3 Å². The summed E-state index contributed by atoms with van der Waals surface area (Å²) in [5.41, 5.74) is 2.78. The number of aromatic amines is 1. The molecule has 1 saturated carbocycles. The van der Waals surface area contributed by atoms with Crippen LogP contribution in [0.25, 0.3) is 0 Å². The van der Waals surface area contributed by atoms with Gasteiger partial charge in [0.1, 0.15) is 5.49 Å². The van der Waals surface area contributed by atoms with E-state index in [1.807, 2.05) is 0 Å². The molecule has 0 radical (unpaired) electrons. The Balaban J connectivity index is 3.10. The van der Waals surface area contributed by atoms with E-state index in [9.17, 15) is 9.90 Å². The molecule has 1 fully saturated rings. The highest BCUT2D eigenvalue weighted by atomic mass is 16.3. The molecule has 7 heteroatoms. The first-order valence-corrected chi connectivity index (χ1v) is 6.61. The van der Waals surface area contributed by atoms with Crippen molar-refractivity contribution in [3.63, 3.8) is 0 Å². The van der Waals surface area contributed by atoms with Crippen molar-refractivity contribution in [3.05, 3.63) is 17.2 Å². The van der Waals surface area contributed by atoms with Crippen LogP contribution in [0.15, 0.2) is 11.2 Å². The molecule has 2 rings (SSSR count). The highest BCUT2D eigenvalue weighted by Gasteiger charge is 2.26. The van der Waals surface area contributed by atoms with Crippen LogP contribution >= 0.6 is 0 Å². The number of hydrogen-bond acceptors (Lipinski definition) is 5. The summed E-state index contributed by atoms with van der Waals surface area (Å²) in [6.07, 6.45) is -17.4. The Labute approximate surface area is 154 Å². The molecule has 3 unspecified atom stereocenters. The van der Waals surface area contributed by atoms with Gasteiger partial charge in [-0.05, 0) is 45.8 Å². The zero-order valence-electron chi connectivity index (χ0n) is 25.8. The Morgan fingerprint density at radius 1 is 1.70 bits per heavy atom. The lowest BCUT2D eigenvalue weighted by Crippen LogP contribution is -2.34. The summed E-state index contributed by atoms with van der Waals surface area (Å²) >= 11 is 0. The van der Waals surface area contributed by atoms with Crippen LogP contribution in [0.1, 0.15) is 74.9 Å². The molecule has 1 aliphatic rings. The molecule has 0 aromatic carbocycles. The van der Waals surface area contributed by atoms with E-state index < -0.39 is 72.6 Å². The SMILES string of the molecule is [2H]c1nc(NC(C)(C)C)[nH]c(=NC2([2H])C([2H])([2H])C([2H])([2H])C([2H])(C([2H])([2H])[2H])C([2H])(O)C2([2H])[2H])c1C(N)=O. The van der Waals surface area contributed by atoms with Crippen LogP contribution in [0.5, 0.6) is 0 Å². The number of H-pyrrole nitrogens is 1. The predicted octanol–water partition coefficient (Wildman–Crippen LogP) is 1.17. The molecule has 1 heterocycles. The fourth-order valence-electron chi connectivity index (χ4n) is 1.59. The zero-order valence-corrected chi connectivity index (χ0v) is 12.8. The van der Waals surface area contributed by atoms with Gasteiger partial charge >= 0.3 is 0 Å². The minimum atomic E-state index is -4.29. The second kappa shape index (κ2) is 6.70. The van der Waals surface area contributed by atoms with Crippen molar-refractivity contribution >= 4 is 11.9 Å². The quantitative estimate of drug-likeness (QED) is 0.664. The summed E-state index contributed by atoms with van der Waals surface area (Å²) in [5, 5.41) is 13.5. The van der Waals surface area contributed by atoms with Crippen LogP contribution in [0.2, 0.25) is 0 Å². The Kier molecular flexibility index (Phi) is 2.02. The number of amides is 1. The molecule has 23 heavy (non-hydrogen) atoms. The largest absolute Gasteiger partial charge is 0.393 e. The van der Waals surface area contributed by atoms with E-state index in [0.29, 0.717) is 0 Å². The Hall–Kier alpha value is -1.89. The average Bonchev–Trinajstić information content (AvgIpc) is 2.62. The number of nitrogens with zero attached hydrogens (tertiary/aromatic N) is 2. The summed E-state index contributed by atoms with van der Waals surface area (Å²) in [6.45, 7) is 1.07. The number of carbonyl (C=O) groups excluding carboxylic acids is 1. The number of nitrogens with two attached hydrogens (primary N) is 1. The zero-order chi connectivity index (χ0) is 28.7. The molecule has 0 aliphatic heterocycles. The van der Waals surface area contributed by atoms with Crippen molar-refractivity contribution in [2.24, 2.45) is 16.6 Å². The van der Waals surface area contributed by atoms with Crippen molar-refractivity contribution in [2.45, 2.75) is 64.4 Å². The van der Waals surface area contributed by atoms with Crippen LogP contribution in [0, 0.1) is 5.89 Å². The molecule has 0 saturated heterocycles. The molecule has 1 aromatic rings. The molecule has 1 aliphatic carbocycles. The van der Waals surface area contributed by atoms with Gasteiger partial charge in [0.05, 0.1) is 21.8 Å². The van der Waals surface area contributed by atoms with Gasteiger partial charge in [0, 0.05) is 25.4 Å². The molecule has 3 atom stereocenters. The van der Waals surface area contributed by atoms with E-state index >= 15 is 0 Å². The highest BCUT2D eigenvalue weighted by Crippen LogP contribution is 2.25. The molecule has 7 nitrogen and oxygen atoms in total. The normalized spacial score (nSPS) is 51.1. The summed E-state index contributed by atoms with van der Waals surface area (Å²) in [6, 6.07) is -3.91. The van der Waals surface area contributed by atoms with E-state index in [1.165, 1.54) is 0 Å². The number of carbonyl (C=O) groups is 1. The molecule has 128 valence electrons. The van der Waals surface area contributed by atoms with Crippen LogP contribution in [0.3, 0.4) is 0 Å². The van der Waals surface area contributed by atoms with Gasteiger partial charge in [0.2, 0.25) is 5.95 Å². The molecule has 0 bridgehead atoms. The van der Waals surface area contributed by atoms with Crippen molar-refractivity contribution in [1.82, 2.24) is 9.97 Å². The number of hydrogen-bond donors (Lipinski definition) is 4. The molecule has 5 N–H and O–H groups in total. The van der Waals surface area contributed by atoms with Gasteiger partial charge in [-0.1, -0.05) is 6.85 Å². The standard InChI is InChI=1S/C16H27N5O2/c1-9-5-6-10(7-12(9)22)19-14-11(13(17)23)8-18-15(20-14)21-16(2,3)4/h8-10,12,22H,5-7H2,1-4H3,(H2,17,23)(H2,18,19,20,21)/i1D3,5D2,6D2,7D2,8D,9D,10D,12D. The van der Waals surface area contributed by atoms with Crippen molar-refractivity contribution in [1.29, 1.82) is 0 Å². The number of rotatable bonds is 3. The van der Waals surface area contributed by atoms with Crippen LogP contribution < -0.4 is 16.5 Å². The summed E-state index contributed by atoms with van der Waals surface area (Å²) in [4.78, 5) is 21.7. The monoisotopic (exact) mass is 334 g/mol. The van der Waals surface area contributed by atoms with Crippen LogP contribution in [0.4, 0.5) is 5.95 Å². The first-order valence-electron chi connectivity index (χ1n) is 13.1. The maximum Gasteiger partial charge on any atom is 0.254 e. The van der Waals surface area contributed by atoms with Gasteiger partial charge in [-0.15, -0.1) is 0 Å². The first kappa shape index (κ1) is 6.93. The van der Waals surface area contributed by atoms with Gasteiger partial charge in [0.15, 0.2) is 0 Å². The topological polar surface area (TPSA) is 116 Å². The van der Waals surface area contributed by atoms with Crippen LogP contribution in [-0.4, -0.2) is 38.6 Å². The van der Waals surface area contributed by atoms with Crippen LogP contribution in [-0.2, 0) is 0 Å². The minimum absolute atomic E-state index is 0.266. The Bertz CT molecular complexity index is 1110. The van der Waals surface area contributed by atoms with Gasteiger partial charge < -0.3 is 21.1 Å². The predicted molar refractivity (Wildman–Crippen MR) is 88.9 cm³/mol. The third-order valence-electron chi connectivity index (χ3n) is 2.50. The lowest BCUT2D eigenvalue weighted by atomic mass is 9.85. The number of nitrogens with one attached hydrogen (secondary N) is 2. The van der Waals surface area contributed by atoms with E-state index in [4.69, 9.17) is 23.6 Å². The van der Waals surface area contributed by atoms with Crippen molar-refractivity contribution < 1.29 is 27.7 Å². The maximum absolute atomic E-state index is 12.0. The highest BCUT2D eigenvalue weighted by molar-refractivity contribution is 5.92. The number of aliphatic hydroxyl groups is 1. The van der Waals surface area contributed by atoms with Crippen molar-refractivity contribution in [3.8, 4) is 0 Å². The Morgan fingerprint density at radius 2 is 2.43 bits per heavy atom. The number of aromatic nitrogens is 2. The van der Waals surface area contributed by atoms with E-state index in [0.717, 1.165) is 0 Å². The van der Waals surface area contributed by atoms with Gasteiger partial charge in [0.25, 0.3) is 5.91 Å². The molecule has 1 amide bonds. The van der Waals surface area contributed by atoms with E-state index in [1.54, 1.807) is 20.8 Å². The molecular weight excluding hydrogens is 294 g/mol. The third kappa shape index (κ3) is 4.79. The fraction of sp³-hybridized carbons (Fsp3) is 0.688. The van der Waals surface area contributed by atoms with Crippen molar-refractivity contribution in [2.75, 3.05) is 5.32 Å². The molecular formula is C16H27N5O2. The number of primary amides is 1. The van der Waals surface area contributed by atoms with Gasteiger partial charge in [-0.3, -0.25) is 9.79 Å². The lowest BCUT2D eigenvalue weighted by molar-refractivity contribution is 0.0704. The van der Waals surface area contributed by atoms with Gasteiger partial charge in [-0.25, -0.2) is 4.98 Å². The average molecular weight is 335 g/mol. The Morgan fingerprint density at radius 3 is 3.04 bits per heavy atom. The summed E-state index contributed by atoms with van der Waals surface area (Å²) < 4.78 is 105. The second-order valence-corrected chi connectivity index (χ2v) is 5.72. The van der Waals surface area contributed by atoms with E-state index in [-0.39, 0.29) is 5.95 Å². The fourth-order valence-corrected chi connectivity index (χ4v) is 1.59. The lowest BCUT2D eigenvalue weighted by Gasteiger charge is -2.28. The third-order valence-corrected chi connectivity index (χ3v) is 2.50. The molecule has 0 spiro atoms. The summed E-state index contributed by atoms with van der Waals surface area (Å²) in [7, 11) is 0. The molecule has 1 aromatic heterocycles. The minimum Gasteiger partial charge on any atom is -0.393 e. The van der Waals surface area contributed by atoms with Gasteiger partial charge in [-0.2, -0.15) is 0 Å².